The lowest BCUT2D eigenvalue weighted by Gasteiger charge is -2.31. The Hall–Kier alpha value is -4.18. The van der Waals surface area contributed by atoms with Gasteiger partial charge < -0.3 is 26.0 Å². The van der Waals surface area contributed by atoms with E-state index < -0.39 is 0 Å². The van der Waals surface area contributed by atoms with Gasteiger partial charge in [-0.25, -0.2) is 14.5 Å². The molecule has 1 aromatic rings. The summed E-state index contributed by atoms with van der Waals surface area (Å²) >= 11 is 0. The van der Waals surface area contributed by atoms with Crippen molar-refractivity contribution < 1.29 is 9.53 Å². The summed E-state index contributed by atoms with van der Waals surface area (Å²) in [6.45, 7) is 15.5. The molecule has 2 heterocycles. The summed E-state index contributed by atoms with van der Waals surface area (Å²) in [7, 11) is 3.78. The van der Waals surface area contributed by atoms with Crippen molar-refractivity contribution in [1.29, 1.82) is 0 Å². The molecule has 0 spiro atoms. The van der Waals surface area contributed by atoms with E-state index in [4.69, 9.17) is 10.5 Å². The summed E-state index contributed by atoms with van der Waals surface area (Å²) in [5.74, 6) is 1.31. The highest BCUT2D eigenvalue weighted by Gasteiger charge is 2.27. The third kappa shape index (κ3) is 11.1. The van der Waals surface area contributed by atoms with Gasteiger partial charge in [-0.05, 0) is 83.8 Å². The highest BCUT2D eigenvalue weighted by Crippen LogP contribution is 2.24. The molecule has 0 radical (unpaired) electrons. The molecular weight excluding hydrogens is 516 g/mol. The Morgan fingerprint density at radius 2 is 1.93 bits per heavy atom. The van der Waals surface area contributed by atoms with Gasteiger partial charge in [0.2, 0.25) is 0 Å². The first-order valence-electron chi connectivity index (χ1n) is 13.9. The molecule has 1 fully saturated rings. The number of ether oxygens (including phenoxy) is 1. The van der Waals surface area contributed by atoms with Crippen LogP contribution in [0.15, 0.2) is 77.4 Å². The number of hydrogen-bond acceptors (Lipinski definition) is 7. The lowest BCUT2D eigenvalue weighted by Crippen LogP contribution is -2.50. The normalized spacial score (nSPS) is 20.4. The molecule has 1 aromatic heterocycles. The van der Waals surface area contributed by atoms with Gasteiger partial charge in [0.15, 0.2) is 5.90 Å². The number of aliphatic imine (C=N–C) groups is 2. The number of nitrogens with one attached hydrogen (secondary N) is 2. The number of carbonyl (C=O) groups is 1. The maximum Gasteiger partial charge on any atom is 0.319 e. The van der Waals surface area contributed by atoms with Gasteiger partial charge >= 0.3 is 6.03 Å². The molecule has 41 heavy (non-hydrogen) atoms. The fraction of sp³-hybridized carbons (Fsp3) is 0.419. The monoisotopic (exact) mass is 562 g/mol. The fourth-order valence-corrected chi connectivity index (χ4v) is 4.47. The second-order valence-corrected chi connectivity index (χ2v) is 10.2. The van der Waals surface area contributed by atoms with E-state index in [1.54, 1.807) is 55.5 Å². The van der Waals surface area contributed by atoms with Gasteiger partial charge in [0.25, 0.3) is 0 Å². The predicted molar refractivity (Wildman–Crippen MR) is 171 cm³/mol. The van der Waals surface area contributed by atoms with E-state index in [2.05, 4.69) is 57.7 Å². The van der Waals surface area contributed by atoms with Gasteiger partial charge in [0.1, 0.15) is 11.6 Å². The fourth-order valence-electron chi connectivity index (χ4n) is 4.47. The van der Waals surface area contributed by atoms with Crippen LogP contribution in [-0.4, -0.2) is 65.5 Å². The van der Waals surface area contributed by atoms with Crippen LogP contribution in [0.5, 0.6) is 0 Å². The van der Waals surface area contributed by atoms with Crippen LogP contribution in [0.2, 0.25) is 0 Å². The van der Waals surface area contributed by atoms with Gasteiger partial charge in [-0.1, -0.05) is 31.4 Å². The van der Waals surface area contributed by atoms with Crippen molar-refractivity contribution >= 4 is 35.7 Å². The van der Waals surface area contributed by atoms with Gasteiger partial charge in [-0.3, -0.25) is 4.99 Å². The van der Waals surface area contributed by atoms with Crippen molar-refractivity contribution in [2.24, 2.45) is 9.98 Å². The van der Waals surface area contributed by atoms with Crippen LogP contribution >= 0.6 is 0 Å². The number of hydrogen-bond donors (Lipinski definition) is 3. The summed E-state index contributed by atoms with van der Waals surface area (Å²) in [5, 5.41) is 10.3. The quantitative estimate of drug-likeness (QED) is 0.150. The van der Waals surface area contributed by atoms with Gasteiger partial charge in [-0.2, -0.15) is 5.10 Å². The zero-order chi connectivity index (χ0) is 30.3. The first-order valence-corrected chi connectivity index (χ1v) is 13.9. The molecule has 0 aliphatic carbocycles. The number of nitrogens with zero attached hydrogens (tertiary/aromatic N) is 5. The SMILES string of the molecule is C=C/C(=C\C=C(/C=C)c1cnn(/C=C\C)c1N)O/C(C)=N/C=C(\C=N/C)NC(=O)NC1(C)CCCCN(C)CCC1. The van der Waals surface area contributed by atoms with Crippen LogP contribution in [-0.2, 0) is 4.74 Å². The summed E-state index contributed by atoms with van der Waals surface area (Å²) in [5.41, 5.74) is 7.89. The number of nitrogens with two attached hydrogens (primary N) is 1. The number of anilines is 1. The van der Waals surface area contributed by atoms with Gasteiger partial charge in [0, 0.05) is 37.5 Å². The zero-order valence-corrected chi connectivity index (χ0v) is 25.2. The molecule has 1 unspecified atom stereocenters. The third-order valence-electron chi connectivity index (χ3n) is 6.66. The summed E-state index contributed by atoms with van der Waals surface area (Å²) in [6, 6.07) is -0.286. The summed E-state index contributed by atoms with van der Waals surface area (Å²) in [6.07, 6.45) is 20.2. The lowest BCUT2D eigenvalue weighted by molar-refractivity contribution is 0.222. The highest BCUT2D eigenvalue weighted by atomic mass is 16.5. The molecule has 2 amide bonds. The predicted octanol–water partition coefficient (Wildman–Crippen LogP) is 5.53. The van der Waals surface area contributed by atoms with E-state index in [1.165, 1.54) is 6.20 Å². The van der Waals surface area contributed by atoms with Crippen LogP contribution < -0.4 is 16.4 Å². The molecule has 0 bridgehead atoms. The van der Waals surface area contributed by atoms with E-state index in [1.807, 2.05) is 19.1 Å². The second-order valence-electron chi connectivity index (χ2n) is 10.2. The Kier molecular flexibility index (Phi) is 13.5. The number of amides is 2. The maximum absolute atomic E-state index is 12.9. The molecule has 1 atom stereocenters. The van der Waals surface area contributed by atoms with Crippen molar-refractivity contribution in [3.8, 4) is 0 Å². The average Bonchev–Trinajstić information content (AvgIpc) is 3.32. The van der Waals surface area contributed by atoms with Crippen LogP contribution in [0.3, 0.4) is 0 Å². The molecule has 2 rings (SSSR count). The van der Waals surface area contributed by atoms with Crippen molar-refractivity contribution in [3.63, 3.8) is 0 Å². The number of urea groups is 1. The zero-order valence-electron chi connectivity index (χ0n) is 25.2. The molecular formula is C31H46N8O2. The molecule has 1 aliphatic heterocycles. The lowest BCUT2D eigenvalue weighted by atomic mass is 9.90. The van der Waals surface area contributed by atoms with Gasteiger partial charge in [-0.15, -0.1) is 0 Å². The second kappa shape index (κ2) is 16.8. The van der Waals surface area contributed by atoms with Gasteiger partial charge in [0.05, 0.1) is 18.1 Å². The molecule has 0 aromatic carbocycles. The summed E-state index contributed by atoms with van der Waals surface area (Å²) in [4.78, 5) is 23.7. The molecule has 10 heteroatoms. The maximum atomic E-state index is 12.9. The molecule has 4 N–H and O–H groups in total. The molecule has 1 saturated heterocycles. The minimum atomic E-state index is -0.286. The Morgan fingerprint density at radius 1 is 1.20 bits per heavy atom. The van der Waals surface area contributed by atoms with E-state index in [0.29, 0.717) is 23.2 Å². The van der Waals surface area contributed by atoms with E-state index in [-0.39, 0.29) is 11.6 Å². The van der Waals surface area contributed by atoms with E-state index >= 15 is 0 Å². The minimum Gasteiger partial charge on any atom is -0.443 e. The van der Waals surface area contributed by atoms with Crippen LogP contribution in [0.4, 0.5) is 10.6 Å². The number of carbonyl (C=O) groups excluding carboxylic acids is 1. The van der Waals surface area contributed by atoms with Crippen molar-refractivity contribution in [3.05, 3.63) is 73.0 Å². The Labute approximate surface area is 244 Å². The standard InChI is InChI=1S/C31H46N8O2/c1-8-18-39-29(32)28(23-35-39)25(9-2)14-15-27(10-3)41-24(4)34-22-26(21-33-6)36-30(40)37-31(5)16-11-12-19-38(7)20-13-17-31/h8-10,14-15,18,21-23H,2-3,11-13,16-17,19-20,32H2,1,4-7H3,(H2,36,37,40)/b18-8-,25-14+,26-22+,27-15+,33-21-,34-24+. The van der Waals surface area contributed by atoms with Crippen molar-refractivity contribution in [1.82, 2.24) is 25.3 Å². The minimum absolute atomic E-state index is 0.274. The number of aromatic nitrogens is 2. The van der Waals surface area contributed by atoms with Crippen molar-refractivity contribution in [2.75, 3.05) is 32.9 Å². The number of nitrogen functional groups attached to an aromatic ring is 1. The number of rotatable bonds is 10. The Bertz CT molecular complexity index is 1230. The van der Waals surface area contributed by atoms with Crippen LogP contribution in [0.1, 0.15) is 58.4 Å². The molecule has 1 aliphatic rings. The first kappa shape index (κ1) is 33.0. The Morgan fingerprint density at radius 3 is 2.61 bits per heavy atom. The third-order valence-corrected chi connectivity index (χ3v) is 6.66. The smallest absolute Gasteiger partial charge is 0.319 e. The topological polar surface area (TPSA) is 122 Å². The molecule has 0 saturated carbocycles. The molecule has 10 nitrogen and oxygen atoms in total. The average molecular weight is 563 g/mol. The molecule has 222 valence electrons. The van der Waals surface area contributed by atoms with Crippen LogP contribution in [0.25, 0.3) is 11.8 Å². The van der Waals surface area contributed by atoms with E-state index in [0.717, 1.165) is 56.3 Å². The van der Waals surface area contributed by atoms with Crippen LogP contribution in [0, 0.1) is 0 Å². The number of allylic oxidation sites excluding steroid dienone is 7. The summed E-state index contributed by atoms with van der Waals surface area (Å²) < 4.78 is 7.44. The highest BCUT2D eigenvalue weighted by molar-refractivity contribution is 5.88. The van der Waals surface area contributed by atoms with Crippen molar-refractivity contribution in [2.45, 2.75) is 58.4 Å². The Balaban J connectivity index is 2.11. The largest absolute Gasteiger partial charge is 0.443 e. The first-order chi connectivity index (χ1) is 19.6. The van der Waals surface area contributed by atoms with E-state index in [9.17, 15) is 4.79 Å².